The molecule has 4 aliphatic rings. The number of nitriles is 1. The fourth-order valence-corrected chi connectivity index (χ4v) is 7.27. The van der Waals surface area contributed by atoms with E-state index in [2.05, 4.69) is 35.7 Å². The second-order valence-electron chi connectivity index (χ2n) is 13.1. The number of amides is 2. The van der Waals surface area contributed by atoms with Crippen LogP contribution >= 0.6 is 0 Å². The molecule has 2 unspecified atom stereocenters. The Balaban J connectivity index is 1.02. The Morgan fingerprint density at radius 3 is 2.32 bits per heavy atom. The van der Waals surface area contributed by atoms with Crippen LogP contribution in [0, 0.1) is 28.9 Å². The highest BCUT2D eigenvalue weighted by atomic mass is 19.1. The zero-order valence-corrected chi connectivity index (χ0v) is 27.8. The quantitative estimate of drug-likeness (QED) is 0.280. The maximum atomic E-state index is 14.3. The Morgan fingerprint density at radius 1 is 0.960 bits per heavy atom. The molecule has 8 nitrogen and oxygen atoms in total. The summed E-state index contributed by atoms with van der Waals surface area (Å²) in [4.78, 5) is 30.7. The van der Waals surface area contributed by atoms with Gasteiger partial charge in [0.15, 0.2) is 0 Å². The van der Waals surface area contributed by atoms with Gasteiger partial charge >= 0.3 is 6.09 Å². The Kier molecular flexibility index (Phi) is 8.98. The van der Waals surface area contributed by atoms with Gasteiger partial charge in [-0.2, -0.15) is 5.26 Å². The van der Waals surface area contributed by atoms with E-state index in [0.717, 1.165) is 33.4 Å². The molecule has 254 valence electrons. The third kappa shape index (κ3) is 6.27. The lowest BCUT2D eigenvalue weighted by atomic mass is 9.95. The number of nitrogens with zero attached hydrogens (tertiary/aromatic N) is 3. The molecule has 50 heavy (non-hydrogen) atoms. The molecule has 1 saturated heterocycles. The summed E-state index contributed by atoms with van der Waals surface area (Å²) in [6.45, 7) is 3.93. The Hall–Kier alpha value is -5.69. The van der Waals surface area contributed by atoms with Crippen molar-refractivity contribution in [3.63, 3.8) is 0 Å². The van der Waals surface area contributed by atoms with E-state index in [0.29, 0.717) is 30.0 Å². The molecule has 2 atom stereocenters. The van der Waals surface area contributed by atoms with Gasteiger partial charge in [-0.05, 0) is 78.3 Å². The second kappa shape index (κ2) is 13.7. The molecular weight excluding hydrogens is 638 g/mol. The number of fused-ring (bicyclic) bond motifs is 4. The third-order valence-corrected chi connectivity index (χ3v) is 9.66. The van der Waals surface area contributed by atoms with E-state index in [1.165, 1.54) is 23.1 Å². The van der Waals surface area contributed by atoms with Crippen molar-refractivity contribution in [3.8, 4) is 17.2 Å². The van der Waals surface area contributed by atoms with E-state index in [1.54, 1.807) is 11.0 Å². The number of ether oxygens (including phenoxy) is 2. The van der Waals surface area contributed by atoms with Gasteiger partial charge in [-0.1, -0.05) is 60.7 Å². The van der Waals surface area contributed by atoms with Crippen LogP contribution in [-0.2, 0) is 20.9 Å². The number of allylic oxidation sites excluding steroid dienone is 4. The average Bonchev–Trinajstić information content (AvgIpc) is 3.43. The molecule has 0 spiro atoms. The van der Waals surface area contributed by atoms with Gasteiger partial charge in [0, 0.05) is 31.2 Å². The Morgan fingerprint density at radius 2 is 1.64 bits per heavy atom. The van der Waals surface area contributed by atoms with E-state index in [9.17, 15) is 23.6 Å². The number of carbonyl (C=O) groups is 2. The minimum absolute atomic E-state index is 0.100. The lowest BCUT2D eigenvalue weighted by molar-refractivity contribution is -0.119. The van der Waals surface area contributed by atoms with Crippen LogP contribution in [0.1, 0.15) is 49.3 Å². The first-order valence-corrected chi connectivity index (χ1v) is 16.7. The van der Waals surface area contributed by atoms with E-state index < -0.39 is 29.7 Å². The monoisotopic (exact) mass is 674 g/mol. The third-order valence-electron chi connectivity index (χ3n) is 9.66. The molecule has 1 aliphatic carbocycles. The van der Waals surface area contributed by atoms with E-state index in [4.69, 9.17) is 9.47 Å². The Bertz CT molecular complexity index is 1980. The fourth-order valence-electron chi connectivity index (χ4n) is 7.27. The number of piperidine rings is 1. The first-order chi connectivity index (χ1) is 24.2. The van der Waals surface area contributed by atoms with Crippen molar-refractivity contribution in [1.29, 1.82) is 5.26 Å². The largest absolute Gasteiger partial charge is 0.486 e. The molecule has 3 aromatic rings. The van der Waals surface area contributed by atoms with Gasteiger partial charge < -0.3 is 24.6 Å². The summed E-state index contributed by atoms with van der Waals surface area (Å²) in [5.41, 5.74) is 6.84. The number of nitrogens with one attached hydrogen (secondary N) is 1. The topological polar surface area (TPSA) is 94.9 Å². The highest BCUT2D eigenvalue weighted by molar-refractivity contribution is 5.95. The number of carbonyl (C=O) groups excluding carboxylic acids is 2. The first kappa shape index (κ1) is 32.8. The van der Waals surface area contributed by atoms with Gasteiger partial charge in [0.05, 0.1) is 23.2 Å². The van der Waals surface area contributed by atoms with Gasteiger partial charge in [-0.25, -0.2) is 13.6 Å². The fraction of sp³-hybridized carbons (Fsp3) is 0.275. The van der Waals surface area contributed by atoms with Crippen LogP contribution in [0.2, 0.25) is 0 Å². The van der Waals surface area contributed by atoms with E-state index in [-0.39, 0.29) is 43.7 Å². The minimum atomic E-state index is -0.700. The SMILES string of the molecule is CC1=CN2C(=CCC(C)=C2C(=O)NC2CC(C#N)CN(C(=O)OCC3c4ccccc4-c4ccccc43)C2)C(OCc2c(F)cccc2F)=C1. The molecule has 0 radical (unpaired) electrons. The number of hydrogen-bond donors (Lipinski definition) is 1. The van der Waals surface area contributed by atoms with Crippen molar-refractivity contribution < 1.29 is 27.8 Å². The van der Waals surface area contributed by atoms with Gasteiger partial charge in [0.1, 0.15) is 36.3 Å². The highest BCUT2D eigenvalue weighted by Crippen LogP contribution is 2.44. The molecule has 7 rings (SSSR count). The van der Waals surface area contributed by atoms with Crippen molar-refractivity contribution >= 4 is 12.0 Å². The van der Waals surface area contributed by atoms with Crippen molar-refractivity contribution in [2.75, 3.05) is 19.7 Å². The molecule has 2 amide bonds. The summed E-state index contributed by atoms with van der Waals surface area (Å²) in [7, 11) is 0. The summed E-state index contributed by atoms with van der Waals surface area (Å²) in [6.07, 6.45) is 5.78. The molecule has 3 heterocycles. The lowest BCUT2D eigenvalue weighted by Gasteiger charge is -2.37. The zero-order valence-electron chi connectivity index (χ0n) is 27.8. The maximum absolute atomic E-state index is 14.3. The predicted molar refractivity (Wildman–Crippen MR) is 183 cm³/mol. The summed E-state index contributed by atoms with van der Waals surface area (Å²) in [5.74, 6) is -1.98. The number of halogens is 2. The van der Waals surface area contributed by atoms with Crippen LogP contribution < -0.4 is 5.32 Å². The van der Waals surface area contributed by atoms with Crippen molar-refractivity contribution in [1.82, 2.24) is 15.1 Å². The average molecular weight is 675 g/mol. The van der Waals surface area contributed by atoms with Crippen LogP contribution in [0.4, 0.5) is 13.6 Å². The Labute approximate surface area is 289 Å². The molecule has 3 aromatic carbocycles. The van der Waals surface area contributed by atoms with Crippen molar-refractivity contribution in [2.45, 2.75) is 45.3 Å². The van der Waals surface area contributed by atoms with Crippen molar-refractivity contribution in [3.05, 3.63) is 142 Å². The van der Waals surface area contributed by atoms with E-state index >= 15 is 0 Å². The molecule has 1 N–H and O–H groups in total. The van der Waals surface area contributed by atoms with Gasteiger partial charge in [0.2, 0.25) is 0 Å². The lowest BCUT2D eigenvalue weighted by Crippen LogP contribution is -2.53. The highest BCUT2D eigenvalue weighted by Gasteiger charge is 2.36. The molecule has 10 heteroatoms. The summed E-state index contributed by atoms with van der Waals surface area (Å²) >= 11 is 0. The minimum Gasteiger partial charge on any atom is -0.486 e. The molecular formula is C40H36F2N4O4. The van der Waals surface area contributed by atoms with Crippen LogP contribution in [-0.4, -0.2) is 47.5 Å². The molecule has 3 aliphatic heterocycles. The molecule has 0 saturated carbocycles. The van der Waals surface area contributed by atoms with Gasteiger partial charge in [0.25, 0.3) is 5.91 Å². The maximum Gasteiger partial charge on any atom is 0.409 e. The number of likely N-dealkylation sites (tertiary alicyclic amines) is 1. The second-order valence-corrected chi connectivity index (χ2v) is 13.1. The van der Waals surface area contributed by atoms with Crippen LogP contribution in [0.15, 0.2) is 113 Å². The van der Waals surface area contributed by atoms with Crippen LogP contribution in [0.25, 0.3) is 11.1 Å². The van der Waals surface area contributed by atoms with Crippen LogP contribution in [0.3, 0.4) is 0 Å². The number of rotatable bonds is 7. The first-order valence-electron chi connectivity index (χ1n) is 16.7. The zero-order chi connectivity index (χ0) is 34.9. The summed E-state index contributed by atoms with van der Waals surface area (Å²) in [5, 5.41) is 13.0. The van der Waals surface area contributed by atoms with Gasteiger partial charge in [-0.15, -0.1) is 0 Å². The van der Waals surface area contributed by atoms with Gasteiger partial charge in [-0.3, -0.25) is 4.79 Å². The summed E-state index contributed by atoms with van der Waals surface area (Å²) in [6, 6.07) is 21.7. The predicted octanol–water partition coefficient (Wildman–Crippen LogP) is 7.43. The molecule has 1 fully saturated rings. The smallest absolute Gasteiger partial charge is 0.409 e. The normalized spacial score (nSPS) is 19.7. The standard InChI is InChI=1S/C40H36F2N4O4/c1-24-16-37(49-23-33-34(41)12-7-13-35(33)42)36-15-14-25(2)38(46(36)19-24)39(47)44-27-17-26(18-43)20-45(21-27)40(48)50-22-32-30-10-5-3-8-28(30)29-9-4-6-11-31(29)32/h3-13,15-16,19,26-27,32H,14,17,20-23H2,1-2H3,(H,44,47). The number of hydrogen-bond acceptors (Lipinski definition) is 6. The van der Waals surface area contributed by atoms with Crippen molar-refractivity contribution in [2.24, 2.45) is 5.92 Å². The molecule has 0 bridgehead atoms. The summed E-state index contributed by atoms with van der Waals surface area (Å²) < 4.78 is 40.5. The molecule has 0 aromatic heterocycles. The van der Waals surface area contributed by atoms with E-state index in [1.807, 2.05) is 50.4 Å². The number of benzene rings is 3. The van der Waals surface area contributed by atoms with Crippen LogP contribution in [0.5, 0.6) is 0 Å².